The molecule has 2 aromatic carbocycles. The van der Waals surface area contributed by atoms with Gasteiger partial charge in [0, 0.05) is 18.7 Å². The van der Waals surface area contributed by atoms with Crippen LogP contribution in [0.2, 0.25) is 0 Å². The van der Waals surface area contributed by atoms with Gasteiger partial charge in [-0.1, -0.05) is 12.1 Å². The first-order valence-electron chi connectivity index (χ1n) is 11.2. The summed E-state index contributed by atoms with van der Waals surface area (Å²) in [6.07, 6.45) is 2.55. The zero-order valence-electron chi connectivity index (χ0n) is 18.7. The molecule has 1 fully saturated rings. The minimum atomic E-state index is -0.330. The zero-order valence-corrected chi connectivity index (χ0v) is 18.7. The maximum absolute atomic E-state index is 13.4. The lowest BCUT2D eigenvalue weighted by molar-refractivity contribution is -0.131. The van der Waals surface area contributed by atoms with Crippen LogP contribution in [0, 0.1) is 11.7 Å². The summed E-state index contributed by atoms with van der Waals surface area (Å²) in [7, 11) is 0. The SMILES string of the molecule is CCOc1ccc(C(=O)NCC(=O)N2CCC(Cc3cccc(F)c3)CC2)cc1OCC. The predicted octanol–water partition coefficient (Wildman–Crippen LogP) is 3.83. The molecule has 0 saturated carbocycles. The number of nitrogens with zero attached hydrogens (tertiary/aromatic N) is 1. The summed E-state index contributed by atoms with van der Waals surface area (Å²) in [4.78, 5) is 26.9. The fourth-order valence-corrected chi connectivity index (χ4v) is 3.95. The number of piperidine rings is 1. The van der Waals surface area contributed by atoms with Crippen molar-refractivity contribution in [2.75, 3.05) is 32.8 Å². The van der Waals surface area contributed by atoms with E-state index in [1.165, 1.54) is 6.07 Å². The summed E-state index contributed by atoms with van der Waals surface area (Å²) in [5.74, 6) is 0.877. The van der Waals surface area contributed by atoms with Crippen molar-refractivity contribution in [1.29, 1.82) is 0 Å². The number of benzene rings is 2. The molecule has 1 N–H and O–H groups in total. The summed E-state index contributed by atoms with van der Waals surface area (Å²) >= 11 is 0. The van der Waals surface area contributed by atoms with Crippen LogP contribution in [0.15, 0.2) is 42.5 Å². The second-order valence-electron chi connectivity index (χ2n) is 7.87. The van der Waals surface area contributed by atoms with Gasteiger partial charge in [-0.3, -0.25) is 9.59 Å². The van der Waals surface area contributed by atoms with Gasteiger partial charge in [0.2, 0.25) is 5.91 Å². The van der Waals surface area contributed by atoms with Crippen LogP contribution in [0.3, 0.4) is 0 Å². The van der Waals surface area contributed by atoms with Crippen molar-refractivity contribution in [3.8, 4) is 11.5 Å². The molecule has 6 nitrogen and oxygen atoms in total. The lowest BCUT2D eigenvalue weighted by atomic mass is 9.90. The molecule has 1 aliphatic rings. The molecule has 0 aromatic heterocycles. The fraction of sp³-hybridized carbons (Fsp3) is 0.440. The number of ether oxygens (including phenoxy) is 2. The van der Waals surface area contributed by atoms with Gasteiger partial charge in [0.15, 0.2) is 11.5 Å². The Kier molecular flexibility index (Phi) is 8.48. The van der Waals surface area contributed by atoms with E-state index >= 15 is 0 Å². The van der Waals surface area contributed by atoms with Crippen LogP contribution in [0.4, 0.5) is 4.39 Å². The number of carbonyl (C=O) groups is 2. The van der Waals surface area contributed by atoms with Crippen molar-refractivity contribution < 1.29 is 23.5 Å². The molecule has 32 heavy (non-hydrogen) atoms. The number of hydrogen-bond donors (Lipinski definition) is 1. The summed E-state index contributed by atoms with van der Waals surface area (Å²) < 4.78 is 24.5. The van der Waals surface area contributed by atoms with E-state index in [1.54, 1.807) is 35.2 Å². The molecule has 0 spiro atoms. The molecule has 0 atom stereocenters. The Morgan fingerprint density at radius 2 is 1.75 bits per heavy atom. The van der Waals surface area contributed by atoms with Gasteiger partial charge in [-0.25, -0.2) is 4.39 Å². The first kappa shape index (κ1) is 23.6. The van der Waals surface area contributed by atoms with Crippen LogP contribution < -0.4 is 14.8 Å². The highest BCUT2D eigenvalue weighted by Gasteiger charge is 2.23. The van der Waals surface area contributed by atoms with Crippen LogP contribution in [0.25, 0.3) is 0 Å². The molecule has 7 heteroatoms. The monoisotopic (exact) mass is 442 g/mol. The molecule has 1 saturated heterocycles. The molecule has 0 radical (unpaired) electrons. The molecular formula is C25H31FN2O4. The van der Waals surface area contributed by atoms with Crippen LogP contribution >= 0.6 is 0 Å². The van der Waals surface area contributed by atoms with Crippen molar-refractivity contribution >= 4 is 11.8 Å². The van der Waals surface area contributed by atoms with E-state index in [2.05, 4.69) is 5.32 Å². The van der Waals surface area contributed by atoms with Crippen molar-refractivity contribution in [1.82, 2.24) is 10.2 Å². The van der Waals surface area contributed by atoms with E-state index in [-0.39, 0.29) is 24.2 Å². The van der Waals surface area contributed by atoms with E-state index in [1.807, 2.05) is 19.9 Å². The quantitative estimate of drug-likeness (QED) is 0.641. The summed E-state index contributed by atoms with van der Waals surface area (Å²) in [5.41, 5.74) is 1.40. The number of carbonyl (C=O) groups excluding carboxylic acids is 2. The Morgan fingerprint density at radius 1 is 1.03 bits per heavy atom. The minimum absolute atomic E-state index is 0.0510. The van der Waals surface area contributed by atoms with Crippen molar-refractivity contribution in [2.24, 2.45) is 5.92 Å². The standard InChI is InChI=1S/C25H31FN2O4/c1-3-31-22-9-8-20(16-23(22)32-4-2)25(30)27-17-24(29)28-12-10-18(11-13-28)14-19-6-5-7-21(26)15-19/h5-9,15-16,18H,3-4,10-14,17H2,1-2H3,(H,27,30). The smallest absolute Gasteiger partial charge is 0.251 e. The van der Waals surface area contributed by atoms with Gasteiger partial charge in [0.1, 0.15) is 5.82 Å². The molecule has 1 heterocycles. The predicted molar refractivity (Wildman–Crippen MR) is 121 cm³/mol. The molecular weight excluding hydrogens is 411 g/mol. The Morgan fingerprint density at radius 3 is 2.44 bits per heavy atom. The van der Waals surface area contributed by atoms with Gasteiger partial charge in [-0.15, -0.1) is 0 Å². The lowest BCUT2D eigenvalue weighted by Gasteiger charge is -2.32. The number of rotatable bonds is 9. The first-order valence-corrected chi connectivity index (χ1v) is 11.2. The van der Waals surface area contributed by atoms with Gasteiger partial charge in [0.25, 0.3) is 5.91 Å². The average molecular weight is 443 g/mol. The van der Waals surface area contributed by atoms with Crippen LogP contribution in [0.1, 0.15) is 42.6 Å². The Hall–Kier alpha value is -3.09. The molecule has 172 valence electrons. The molecule has 1 aliphatic heterocycles. The van der Waals surface area contributed by atoms with Crippen LogP contribution in [-0.4, -0.2) is 49.6 Å². The van der Waals surface area contributed by atoms with E-state index in [0.29, 0.717) is 49.3 Å². The van der Waals surface area contributed by atoms with E-state index in [9.17, 15) is 14.0 Å². The molecule has 2 aromatic rings. The average Bonchev–Trinajstić information content (AvgIpc) is 2.79. The topological polar surface area (TPSA) is 67.9 Å². The number of hydrogen-bond acceptors (Lipinski definition) is 4. The maximum Gasteiger partial charge on any atom is 0.251 e. The van der Waals surface area contributed by atoms with E-state index < -0.39 is 0 Å². The number of halogens is 1. The van der Waals surface area contributed by atoms with Crippen molar-refractivity contribution in [2.45, 2.75) is 33.1 Å². The number of nitrogens with one attached hydrogen (secondary N) is 1. The third-order valence-corrected chi connectivity index (χ3v) is 5.59. The number of amides is 2. The van der Waals surface area contributed by atoms with Crippen molar-refractivity contribution in [3.63, 3.8) is 0 Å². The Labute approximate surface area is 188 Å². The van der Waals surface area contributed by atoms with Crippen molar-refractivity contribution in [3.05, 3.63) is 59.4 Å². The first-order chi connectivity index (χ1) is 15.5. The summed E-state index contributed by atoms with van der Waals surface area (Å²) in [6.45, 7) is 5.94. The van der Waals surface area contributed by atoms with Gasteiger partial charge < -0.3 is 19.7 Å². The summed E-state index contributed by atoms with van der Waals surface area (Å²) in [5, 5.41) is 2.71. The Balaban J connectivity index is 1.47. The third-order valence-electron chi connectivity index (χ3n) is 5.59. The van der Waals surface area contributed by atoms with E-state index in [0.717, 1.165) is 24.8 Å². The zero-order chi connectivity index (χ0) is 22.9. The molecule has 0 aliphatic carbocycles. The molecule has 0 unspecified atom stereocenters. The van der Waals surface area contributed by atoms with Crippen LogP contribution in [-0.2, 0) is 11.2 Å². The lowest BCUT2D eigenvalue weighted by Crippen LogP contribution is -2.44. The second kappa shape index (κ2) is 11.5. The maximum atomic E-state index is 13.4. The van der Waals surface area contributed by atoms with Gasteiger partial charge >= 0.3 is 0 Å². The van der Waals surface area contributed by atoms with Gasteiger partial charge in [-0.2, -0.15) is 0 Å². The largest absolute Gasteiger partial charge is 0.490 e. The number of likely N-dealkylation sites (tertiary alicyclic amines) is 1. The van der Waals surface area contributed by atoms with Gasteiger partial charge in [0.05, 0.1) is 19.8 Å². The van der Waals surface area contributed by atoms with E-state index in [4.69, 9.17) is 9.47 Å². The third kappa shape index (κ3) is 6.45. The Bertz CT molecular complexity index is 926. The highest BCUT2D eigenvalue weighted by Crippen LogP contribution is 2.28. The van der Waals surface area contributed by atoms with Crippen LogP contribution in [0.5, 0.6) is 11.5 Å². The molecule has 2 amide bonds. The summed E-state index contributed by atoms with van der Waals surface area (Å²) in [6, 6.07) is 11.7. The highest BCUT2D eigenvalue weighted by atomic mass is 19.1. The molecule has 0 bridgehead atoms. The highest BCUT2D eigenvalue weighted by molar-refractivity contribution is 5.97. The molecule has 3 rings (SSSR count). The fourth-order valence-electron chi connectivity index (χ4n) is 3.95. The van der Waals surface area contributed by atoms with Gasteiger partial charge in [-0.05, 0) is 74.9 Å². The normalized spacial score (nSPS) is 14.2. The minimum Gasteiger partial charge on any atom is -0.490 e. The second-order valence-corrected chi connectivity index (χ2v) is 7.87.